The summed E-state index contributed by atoms with van der Waals surface area (Å²) in [5.41, 5.74) is 3.10. The van der Waals surface area contributed by atoms with Gasteiger partial charge in [0.15, 0.2) is 0 Å². The monoisotopic (exact) mass is 465 g/mol. The molecule has 0 radical (unpaired) electrons. The van der Waals surface area contributed by atoms with Gasteiger partial charge in [-0.1, -0.05) is 39.7 Å². The SMILES string of the molecule is CC(C)(C)OC(=O)c1ccc(CCn2c(CBr)c(C3CC3)cc(Cl)c2=O)cc1. The van der Waals surface area contributed by atoms with Crippen molar-refractivity contribution in [3.63, 3.8) is 0 Å². The van der Waals surface area contributed by atoms with E-state index in [-0.39, 0.29) is 16.6 Å². The lowest BCUT2D eigenvalue weighted by Gasteiger charge is -2.19. The topological polar surface area (TPSA) is 48.3 Å². The Labute approximate surface area is 179 Å². The van der Waals surface area contributed by atoms with Crippen LogP contribution in [0.3, 0.4) is 0 Å². The molecule has 0 spiro atoms. The van der Waals surface area contributed by atoms with Gasteiger partial charge >= 0.3 is 5.97 Å². The maximum Gasteiger partial charge on any atom is 0.338 e. The lowest BCUT2D eigenvalue weighted by molar-refractivity contribution is 0.00695. The smallest absolute Gasteiger partial charge is 0.338 e. The Morgan fingerprint density at radius 1 is 1.25 bits per heavy atom. The number of ether oxygens (including phenoxy) is 1. The number of pyridine rings is 1. The molecule has 1 aliphatic rings. The van der Waals surface area contributed by atoms with Crippen LogP contribution in [-0.2, 0) is 23.0 Å². The zero-order chi connectivity index (χ0) is 20.5. The number of esters is 1. The van der Waals surface area contributed by atoms with E-state index < -0.39 is 5.60 Å². The van der Waals surface area contributed by atoms with Crippen LogP contribution in [0.2, 0.25) is 5.02 Å². The Morgan fingerprint density at radius 2 is 1.89 bits per heavy atom. The maximum absolute atomic E-state index is 12.6. The van der Waals surface area contributed by atoms with Crippen LogP contribution in [0.15, 0.2) is 35.1 Å². The molecule has 0 amide bonds. The quantitative estimate of drug-likeness (QED) is 0.419. The number of carbonyl (C=O) groups excluding carboxylic acids is 1. The highest BCUT2D eigenvalue weighted by molar-refractivity contribution is 9.08. The van der Waals surface area contributed by atoms with E-state index in [1.54, 1.807) is 16.7 Å². The van der Waals surface area contributed by atoms with Crippen molar-refractivity contribution in [2.75, 3.05) is 0 Å². The van der Waals surface area contributed by atoms with Crippen molar-refractivity contribution in [2.45, 2.75) is 63.4 Å². The Morgan fingerprint density at radius 3 is 2.43 bits per heavy atom. The Bertz CT molecular complexity index is 925. The number of rotatable bonds is 6. The second kappa shape index (κ2) is 8.42. The fourth-order valence-corrected chi connectivity index (χ4v) is 4.05. The summed E-state index contributed by atoms with van der Waals surface area (Å²) in [5, 5.41) is 0.912. The van der Waals surface area contributed by atoms with Crippen molar-refractivity contribution < 1.29 is 9.53 Å². The highest BCUT2D eigenvalue weighted by atomic mass is 79.9. The first-order valence-electron chi connectivity index (χ1n) is 9.50. The number of nitrogens with zero attached hydrogens (tertiary/aromatic N) is 1. The predicted octanol–water partition coefficient (Wildman–Crippen LogP) is 5.47. The minimum absolute atomic E-state index is 0.147. The molecule has 1 aromatic heterocycles. The van der Waals surface area contributed by atoms with Gasteiger partial charge in [-0.2, -0.15) is 0 Å². The molecule has 28 heavy (non-hydrogen) atoms. The molecule has 1 heterocycles. The molecular formula is C22H25BrClNO3. The molecule has 6 heteroatoms. The van der Waals surface area contributed by atoms with Gasteiger partial charge in [-0.05, 0) is 75.3 Å². The summed E-state index contributed by atoms with van der Waals surface area (Å²) in [6.07, 6.45) is 2.99. The Kier molecular flexibility index (Phi) is 6.35. The van der Waals surface area contributed by atoms with Crippen LogP contribution in [0.25, 0.3) is 0 Å². The summed E-state index contributed by atoms with van der Waals surface area (Å²) < 4.78 is 7.17. The number of aryl methyl sites for hydroxylation is 1. The molecule has 1 aliphatic carbocycles. The van der Waals surface area contributed by atoms with Crippen LogP contribution in [-0.4, -0.2) is 16.1 Å². The second-order valence-corrected chi connectivity index (χ2v) is 9.18. The highest BCUT2D eigenvalue weighted by Crippen LogP contribution is 2.42. The first-order valence-corrected chi connectivity index (χ1v) is 11.0. The van der Waals surface area contributed by atoms with Gasteiger partial charge in [0.2, 0.25) is 0 Å². The standard InChI is InChI=1S/C22H25BrClNO3/c1-22(2,3)28-21(27)16-6-4-14(5-7-16)10-11-25-19(13-23)17(15-8-9-15)12-18(24)20(25)26/h4-7,12,15H,8-11,13H2,1-3H3. The lowest BCUT2D eigenvalue weighted by Crippen LogP contribution is -2.26. The van der Waals surface area contributed by atoms with E-state index in [1.165, 1.54) is 5.56 Å². The normalized spacial score (nSPS) is 14.2. The fourth-order valence-electron chi connectivity index (χ4n) is 3.21. The third kappa shape index (κ3) is 5.06. The number of benzene rings is 1. The summed E-state index contributed by atoms with van der Waals surface area (Å²) in [6.45, 7) is 6.09. The third-order valence-electron chi connectivity index (χ3n) is 4.75. The Hall–Kier alpha value is -1.59. The van der Waals surface area contributed by atoms with E-state index in [1.807, 2.05) is 39.0 Å². The van der Waals surface area contributed by atoms with E-state index in [4.69, 9.17) is 16.3 Å². The summed E-state index contributed by atoms with van der Waals surface area (Å²) in [5.74, 6) is 0.186. The third-order valence-corrected chi connectivity index (χ3v) is 5.55. The number of halogens is 2. The molecule has 1 aromatic carbocycles. The molecule has 0 atom stereocenters. The first-order chi connectivity index (χ1) is 13.2. The molecule has 0 aliphatic heterocycles. The largest absolute Gasteiger partial charge is 0.456 e. The number of carbonyl (C=O) groups is 1. The van der Waals surface area contributed by atoms with Crippen molar-refractivity contribution in [2.24, 2.45) is 0 Å². The minimum Gasteiger partial charge on any atom is -0.456 e. The average molecular weight is 467 g/mol. The van der Waals surface area contributed by atoms with E-state index in [0.717, 1.165) is 24.1 Å². The first kappa shape index (κ1) is 21.1. The molecule has 0 unspecified atom stereocenters. The maximum atomic E-state index is 12.6. The molecule has 3 rings (SSSR count). The molecule has 0 bridgehead atoms. The molecule has 2 aromatic rings. The van der Waals surface area contributed by atoms with Crippen LogP contribution in [0.1, 0.15) is 66.7 Å². The summed E-state index contributed by atoms with van der Waals surface area (Å²) in [7, 11) is 0. The predicted molar refractivity (Wildman–Crippen MR) is 116 cm³/mol. The van der Waals surface area contributed by atoms with E-state index in [9.17, 15) is 9.59 Å². The van der Waals surface area contributed by atoms with E-state index >= 15 is 0 Å². The molecule has 0 saturated heterocycles. The van der Waals surface area contributed by atoms with Gasteiger partial charge in [-0.25, -0.2) is 4.79 Å². The summed E-state index contributed by atoms with van der Waals surface area (Å²) in [6, 6.07) is 9.19. The molecule has 150 valence electrons. The van der Waals surface area contributed by atoms with Crippen LogP contribution < -0.4 is 5.56 Å². The number of alkyl halides is 1. The van der Waals surface area contributed by atoms with Crippen molar-refractivity contribution in [1.82, 2.24) is 4.57 Å². The van der Waals surface area contributed by atoms with Crippen molar-refractivity contribution in [1.29, 1.82) is 0 Å². The number of hydrogen-bond donors (Lipinski definition) is 0. The van der Waals surface area contributed by atoms with Gasteiger partial charge in [0.05, 0.1) is 5.56 Å². The van der Waals surface area contributed by atoms with Crippen LogP contribution in [0.4, 0.5) is 0 Å². The van der Waals surface area contributed by atoms with Gasteiger partial charge in [0.1, 0.15) is 10.6 Å². The average Bonchev–Trinajstić information content (AvgIpc) is 3.46. The molecule has 4 nitrogen and oxygen atoms in total. The van der Waals surface area contributed by atoms with Crippen LogP contribution in [0.5, 0.6) is 0 Å². The number of aromatic nitrogens is 1. The Balaban J connectivity index is 1.76. The van der Waals surface area contributed by atoms with Crippen molar-refractivity contribution in [3.8, 4) is 0 Å². The lowest BCUT2D eigenvalue weighted by atomic mass is 10.1. The van der Waals surface area contributed by atoms with Crippen LogP contribution in [0, 0.1) is 0 Å². The fraction of sp³-hybridized carbons (Fsp3) is 0.455. The number of hydrogen-bond acceptors (Lipinski definition) is 3. The van der Waals surface area contributed by atoms with Crippen LogP contribution >= 0.6 is 27.5 Å². The van der Waals surface area contributed by atoms with Gasteiger partial charge in [-0.3, -0.25) is 4.79 Å². The summed E-state index contributed by atoms with van der Waals surface area (Å²) in [4.78, 5) is 24.7. The molecular weight excluding hydrogens is 442 g/mol. The van der Waals surface area contributed by atoms with Gasteiger partial charge < -0.3 is 9.30 Å². The van der Waals surface area contributed by atoms with Gasteiger partial charge in [0.25, 0.3) is 5.56 Å². The zero-order valence-electron chi connectivity index (χ0n) is 16.4. The minimum atomic E-state index is -0.519. The highest BCUT2D eigenvalue weighted by Gasteiger charge is 2.28. The van der Waals surface area contributed by atoms with Crippen molar-refractivity contribution in [3.05, 3.63) is 68.1 Å². The molecule has 1 fully saturated rings. The van der Waals surface area contributed by atoms with Gasteiger partial charge in [-0.15, -0.1) is 0 Å². The molecule has 1 saturated carbocycles. The van der Waals surface area contributed by atoms with E-state index in [0.29, 0.717) is 29.8 Å². The van der Waals surface area contributed by atoms with Crippen molar-refractivity contribution >= 4 is 33.5 Å². The van der Waals surface area contributed by atoms with Gasteiger partial charge in [0, 0.05) is 17.6 Å². The van der Waals surface area contributed by atoms with E-state index in [2.05, 4.69) is 15.9 Å². The second-order valence-electron chi connectivity index (χ2n) is 8.21. The summed E-state index contributed by atoms with van der Waals surface area (Å²) >= 11 is 9.75. The zero-order valence-corrected chi connectivity index (χ0v) is 18.8. The molecule has 0 N–H and O–H groups in total.